The van der Waals surface area contributed by atoms with Crippen molar-refractivity contribution in [3.8, 4) is 11.4 Å². The summed E-state index contributed by atoms with van der Waals surface area (Å²) in [5.41, 5.74) is -0.187. The minimum absolute atomic E-state index is 0.211. The van der Waals surface area contributed by atoms with Gasteiger partial charge in [0.05, 0.1) is 19.8 Å². The first-order valence-electron chi connectivity index (χ1n) is 6.18. The van der Waals surface area contributed by atoms with Gasteiger partial charge in [-0.25, -0.2) is 9.48 Å². The van der Waals surface area contributed by atoms with Crippen LogP contribution in [-0.4, -0.2) is 30.0 Å². The standard InChI is InChI=1S/C14H13F3N2O3/c1-8-6-12(14(15,16)17)18-19(8)10-5-4-9(13(20)22-3)7-11(10)21-2/h4-7H,1-3H3. The molecule has 1 aromatic carbocycles. The molecule has 22 heavy (non-hydrogen) atoms. The van der Waals surface area contributed by atoms with Crippen LogP contribution in [0.15, 0.2) is 24.3 Å². The van der Waals surface area contributed by atoms with Crippen LogP contribution in [0.3, 0.4) is 0 Å². The minimum atomic E-state index is -4.53. The molecule has 0 atom stereocenters. The molecule has 0 aliphatic heterocycles. The maximum Gasteiger partial charge on any atom is 0.435 e. The molecule has 1 heterocycles. The van der Waals surface area contributed by atoms with Crippen LogP contribution in [0.2, 0.25) is 0 Å². The van der Waals surface area contributed by atoms with Crippen LogP contribution in [0.4, 0.5) is 13.2 Å². The highest BCUT2D eigenvalue weighted by molar-refractivity contribution is 5.90. The largest absolute Gasteiger partial charge is 0.494 e. The Morgan fingerprint density at radius 3 is 2.41 bits per heavy atom. The summed E-state index contributed by atoms with van der Waals surface area (Å²) >= 11 is 0. The number of hydrogen-bond donors (Lipinski definition) is 0. The van der Waals surface area contributed by atoms with Crippen LogP contribution in [0.25, 0.3) is 5.69 Å². The zero-order valence-electron chi connectivity index (χ0n) is 12.1. The van der Waals surface area contributed by atoms with E-state index in [0.717, 1.165) is 10.7 Å². The van der Waals surface area contributed by atoms with E-state index in [0.29, 0.717) is 5.69 Å². The zero-order chi connectivity index (χ0) is 16.5. The Hall–Kier alpha value is -2.51. The lowest BCUT2D eigenvalue weighted by Gasteiger charge is -2.11. The zero-order valence-corrected chi connectivity index (χ0v) is 12.1. The third-order valence-electron chi connectivity index (χ3n) is 3.01. The maximum absolute atomic E-state index is 12.7. The van der Waals surface area contributed by atoms with Gasteiger partial charge in [-0.3, -0.25) is 0 Å². The molecule has 2 aromatic rings. The lowest BCUT2D eigenvalue weighted by atomic mass is 10.2. The topological polar surface area (TPSA) is 53.4 Å². The number of esters is 1. The fourth-order valence-corrected chi connectivity index (χ4v) is 1.95. The molecule has 0 radical (unpaired) electrons. The smallest absolute Gasteiger partial charge is 0.435 e. The van der Waals surface area contributed by atoms with Gasteiger partial charge in [0.15, 0.2) is 5.69 Å². The highest BCUT2D eigenvalue weighted by Gasteiger charge is 2.34. The number of ether oxygens (including phenoxy) is 2. The molecule has 0 aliphatic carbocycles. The highest BCUT2D eigenvalue weighted by atomic mass is 19.4. The number of rotatable bonds is 3. The molecule has 2 rings (SSSR count). The Morgan fingerprint density at radius 2 is 1.91 bits per heavy atom. The van der Waals surface area contributed by atoms with E-state index in [-0.39, 0.29) is 17.0 Å². The molecule has 118 valence electrons. The second kappa shape index (κ2) is 5.70. The molecule has 8 heteroatoms. The lowest BCUT2D eigenvalue weighted by Crippen LogP contribution is -2.09. The number of carbonyl (C=O) groups is 1. The van der Waals surface area contributed by atoms with Crippen molar-refractivity contribution in [1.82, 2.24) is 9.78 Å². The fourth-order valence-electron chi connectivity index (χ4n) is 1.95. The van der Waals surface area contributed by atoms with E-state index in [2.05, 4.69) is 9.84 Å². The van der Waals surface area contributed by atoms with Crippen LogP contribution in [0, 0.1) is 6.92 Å². The quantitative estimate of drug-likeness (QED) is 0.817. The monoisotopic (exact) mass is 314 g/mol. The van der Waals surface area contributed by atoms with Crippen LogP contribution < -0.4 is 4.74 Å². The molecule has 0 amide bonds. The van der Waals surface area contributed by atoms with E-state index >= 15 is 0 Å². The van der Waals surface area contributed by atoms with Crippen molar-refractivity contribution in [3.05, 3.63) is 41.2 Å². The molecule has 1 aromatic heterocycles. The number of alkyl halides is 3. The van der Waals surface area contributed by atoms with Crippen molar-refractivity contribution in [2.45, 2.75) is 13.1 Å². The molecule has 0 saturated carbocycles. The normalized spacial score (nSPS) is 11.4. The summed E-state index contributed by atoms with van der Waals surface area (Å²) < 4.78 is 49.0. The van der Waals surface area contributed by atoms with Crippen LogP contribution in [-0.2, 0) is 10.9 Å². The van der Waals surface area contributed by atoms with Crippen molar-refractivity contribution in [2.75, 3.05) is 14.2 Å². The molecular weight excluding hydrogens is 301 g/mol. The van der Waals surface area contributed by atoms with Gasteiger partial charge in [0.25, 0.3) is 0 Å². The summed E-state index contributed by atoms with van der Waals surface area (Å²) in [6.07, 6.45) is -4.53. The molecule has 0 spiro atoms. The fraction of sp³-hybridized carbons (Fsp3) is 0.286. The number of carbonyl (C=O) groups excluding carboxylic acids is 1. The third-order valence-corrected chi connectivity index (χ3v) is 3.01. The molecule has 0 unspecified atom stereocenters. The van der Waals surface area contributed by atoms with Crippen LogP contribution >= 0.6 is 0 Å². The van der Waals surface area contributed by atoms with E-state index in [4.69, 9.17) is 4.74 Å². The molecule has 0 fully saturated rings. The molecule has 5 nitrogen and oxygen atoms in total. The Balaban J connectivity index is 2.53. The van der Waals surface area contributed by atoms with Crippen molar-refractivity contribution in [2.24, 2.45) is 0 Å². The SMILES string of the molecule is COC(=O)c1ccc(-n2nc(C(F)(F)F)cc2C)c(OC)c1. The van der Waals surface area contributed by atoms with Gasteiger partial charge in [-0.15, -0.1) is 0 Å². The average molecular weight is 314 g/mol. The second-order valence-corrected chi connectivity index (χ2v) is 4.46. The van der Waals surface area contributed by atoms with Crippen molar-refractivity contribution in [1.29, 1.82) is 0 Å². The van der Waals surface area contributed by atoms with Gasteiger partial charge in [0.1, 0.15) is 11.4 Å². The molecule has 0 N–H and O–H groups in total. The first-order valence-corrected chi connectivity index (χ1v) is 6.18. The Bertz CT molecular complexity index is 708. The van der Waals surface area contributed by atoms with Gasteiger partial charge in [0.2, 0.25) is 0 Å². The van der Waals surface area contributed by atoms with Crippen molar-refractivity contribution < 1.29 is 27.4 Å². The number of aryl methyl sites for hydroxylation is 1. The van der Waals surface area contributed by atoms with E-state index in [1.54, 1.807) is 0 Å². The Labute approximate surface area is 124 Å². The average Bonchev–Trinajstić information content (AvgIpc) is 2.87. The predicted octanol–water partition coefficient (Wildman–Crippen LogP) is 2.99. The van der Waals surface area contributed by atoms with Gasteiger partial charge >= 0.3 is 12.1 Å². The Kier molecular flexibility index (Phi) is 4.11. The van der Waals surface area contributed by atoms with Gasteiger partial charge < -0.3 is 9.47 Å². The molecule has 0 aliphatic rings. The number of halogens is 3. The summed E-state index contributed by atoms with van der Waals surface area (Å²) in [6, 6.07) is 5.20. The summed E-state index contributed by atoms with van der Waals surface area (Å²) in [5.74, 6) is -0.360. The summed E-state index contributed by atoms with van der Waals surface area (Å²) in [6.45, 7) is 1.50. The third kappa shape index (κ3) is 2.90. The lowest BCUT2D eigenvalue weighted by molar-refractivity contribution is -0.141. The van der Waals surface area contributed by atoms with Crippen LogP contribution in [0.1, 0.15) is 21.7 Å². The minimum Gasteiger partial charge on any atom is -0.494 e. The van der Waals surface area contributed by atoms with Gasteiger partial charge in [-0.05, 0) is 31.2 Å². The first kappa shape index (κ1) is 15.9. The number of methoxy groups -OCH3 is 2. The predicted molar refractivity (Wildman–Crippen MR) is 71.2 cm³/mol. The summed E-state index contributed by atoms with van der Waals surface area (Å²) in [7, 11) is 2.58. The molecule has 0 bridgehead atoms. The Morgan fingerprint density at radius 1 is 1.23 bits per heavy atom. The van der Waals surface area contributed by atoms with E-state index in [1.165, 1.54) is 39.3 Å². The van der Waals surface area contributed by atoms with E-state index < -0.39 is 17.8 Å². The van der Waals surface area contributed by atoms with Gasteiger partial charge in [-0.2, -0.15) is 18.3 Å². The number of benzene rings is 1. The second-order valence-electron chi connectivity index (χ2n) is 4.46. The first-order chi connectivity index (χ1) is 10.3. The summed E-state index contributed by atoms with van der Waals surface area (Å²) in [5, 5.41) is 3.55. The highest BCUT2D eigenvalue weighted by Crippen LogP contribution is 2.31. The van der Waals surface area contributed by atoms with Crippen molar-refractivity contribution >= 4 is 5.97 Å². The summed E-state index contributed by atoms with van der Waals surface area (Å²) in [4.78, 5) is 11.5. The number of hydrogen-bond acceptors (Lipinski definition) is 4. The number of aromatic nitrogens is 2. The molecule has 0 saturated heterocycles. The molecular formula is C14H13F3N2O3. The van der Waals surface area contributed by atoms with Crippen LogP contribution in [0.5, 0.6) is 5.75 Å². The maximum atomic E-state index is 12.7. The van der Waals surface area contributed by atoms with E-state index in [9.17, 15) is 18.0 Å². The van der Waals surface area contributed by atoms with E-state index in [1.807, 2.05) is 0 Å². The number of nitrogens with zero attached hydrogens (tertiary/aromatic N) is 2. The van der Waals surface area contributed by atoms with Gasteiger partial charge in [-0.1, -0.05) is 0 Å². The van der Waals surface area contributed by atoms with Crippen molar-refractivity contribution in [3.63, 3.8) is 0 Å². The van der Waals surface area contributed by atoms with Gasteiger partial charge in [0, 0.05) is 5.69 Å².